The number of hydrogen-bond donors (Lipinski definition) is 4. The van der Waals surface area contributed by atoms with Crippen molar-refractivity contribution in [3.05, 3.63) is 0 Å². The third kappa shape index (κ3) is 8.24. The first kappa shape index (κ1) is 23.8. The maximum absolute atomic E-state index is 11.7. The van der Waals surface area contributed by atoms with E-state index in [-0.39, 0.29) is 6.42 Å². The molecule has 0 aliphatic carbocycles. The molecule has 24 heavy (non-hydrogen) atoms. The second-order valence-electron chi connectivity index (χ2n) is 6.07. The van der Waals surface area contributed by atoms with E-state index >= 15 is 0 Å². The standard InChI is InChI=1S/C14H30O8P2/c1-3-4-5-6-7-8-9-10-11-12-13(15)22-14(2,23(16,17)18)24(19,20)21/h3-12H2,1-2H3,(H2,16,17,18)(H2,19,20,21). The van der Waals surface area contributed by atoms with E-state index in [0.717, 1.165) is 25.7 Å². The van der Waals surface area contributed by atoms with Gasteiger partial charge in [-0.15, -0.1) is 0 Å². The van der Waals surface area contributed by atoms with E-state index < -0.39 is 26.2 Å². The number of unbranched alkanes of at least 4 members (excludes halogenated alkanes) is 8. The first-order valence-electron chi connectivity index (χ1n) is 8.29. The van der Waals surface area contributed by atoms with Crippen LogP contribution in [0.5, 0.6) is 0 Å². The molecule has 10 heteroatoms. The Morgan fingerprint density at radius 1 is 0.833 bits per heavy atom. The molecule has 0 saturated carbocycles. The van der Waals surface area contributed by atoms with E-state index in [9.17, 15) is 13.9 Å². The van der Waals surface area contributed by atoms with Crippen LogP contribution in [0.3, 0.4) is 0 Å². The van der Waals surface area contributed by atoms with Crippen LogP contribution in [0.4, 0.5) is 0 Å². The third-order valence-electron chi connectivity index (χ3n) is 3.87. The highest BCUT2D eigenvalue weighted by Gasteiger charge is 2.60. The first-order chi connectivity index (χ1) is 11.0. The number of carbonyl (C=O) groups excluding carboxylic acids is 1. The molecule has 0 heterocycles. The van der Waals surface area contributed by atoms with Crippen LogP contribution in [0, 0.1) is 0 Å². The summed E-state index contributed by atoms with van der Waals surface area (Å²) in [6.45, 7) is 2.71. The van der Waals surface area contributed by atoms with Crippen LogP contribution in [0.25, 0.3) is 0 Å². The van der Waals surface area contributed by atoms with Gasteiger partial charge in [-0.1, -0.05) is 58.3 Å². The molecule has 0 spiro atoms. The van der Waals surface area contributed by atoms with Crippen molar-refractivity contribution in [2.24, 2.45) is 0 Å². The Labute approximate surface area is 143 Å². The normalized spacial score (nSPS) is 13.1. The quantitative estimate of drug-likeness (QED) is 0.213. The monoisotopic (exact) mass is 388 g/mol. The molecule has 144 valence electrons. The SMILES string of the molecule is CCCCCCCCCCCC(=O)OC(C)(P(=O)(O)O)P(=O)(O)O. The predicted octanol–water partition coefficient (Wildman–Crippen LogP) is 3.48. The van der Waals surface area contributed by atoms with Gasteiger partial charge in [0.25, 0.3) is 0 Å². The highest BCUT2D eigenvalue weighted by molar-refractivity contribution is 7.72. The van der Waals surface area contributed by atoms with E-state index in [1.54, 1.807) is 0 Å². The van der Waals surface area contributed by atoms with Gasteiger partial charge in [-0.05, 0) is 13.3 Å². The van der Waals surface area contributed by atoms with Crippen molar-refractivity contribution in [2.45, 2.75) is 83.1 Å². The summed E-state index contributed by atoms with van der Waals surface area (Å²) in [5, 5.41) is -3.13. The number of ether oxygens (including phenoxy) is 1. The lowest BCUT2D eigenvalue weighted by Crippen LogP contribution is -2.31. The summed E-state index contributed by atoms with van der Waals surface area (Å²) in [6.07, 6.45) is 9.07. The fraction of sp³-hybridized carbons (Fsp3) is 0.929. The highest BCUT2D eigenvalue weighted by Crippen LogP contribution is 2.69. The number of carbonyl (C=O) groups is 1. The van der Waals surface area contributed by atoms with E-state index in [2.05, 4.69) is 11.7 Å². The van der Waals surface area contributed by atoms with Crippen LogP contribution in [0.15, 0.2) is 0 Å². The Balaban J connectivity index is 4.13. The third-order valence-corrected chi connectivity index (χ3v) is 7.78. The molecule has 4 N–H and O–H groups in total. The summed E-state index contributed by atoms with van der Waals surface area (Å²) in [5.74, 6) is -1.02. The maximum Gasteiger partial charge on any atom is 0.381 e. The van der Waals surface area contributed by atoms with Gasteiger partial charge in [-0.3, -0.25) is 13.9 Å². The van der Waals surface area contributed by atoms with E-state index in [1.165, 1.54) is 25.7 Å². The second-order valence-corrected chi connectivity index (χ2v) is 10.3. The van der Waals surface area contributed by atoms with Gasteiger partial charge in [0, 0.05) is 6.42 Å². The molecule has 0 radical (unpaired) electrons. The summed E-state index contributed by atoms with van der Waals surface area (Å²) in [5.41, 5.74) is 0. The largest absolute Gasteiger partial charge is 0.433 e. The molecule has 0 fully saturated rings. The van der Waals surface area contributed by atoms with Gasteiger partial charge >= 0.3 is 26.2 Å². The average Bonchev–Trinajstić information content (AvgIpc) is 2.43. The van der Waals surface area contributed by atoms with Crippen LogP contribution in [-0.2, 0) is 18.7 Å². The zero-order valence-corrected chi connectivity index (χ0v) is 16.2. The average molecular weight is 388 g/mol. The summed E-state index contributed by atoms with van der Waals surface area (Å²) < 4.78 is 27.0. The molecule has 0 aromatic carbocycles. The minimum Gasteiger partial charge on any atom is -0.433 e. The highest BCUT2D eigenvalue weighted by atomic mass is 31.2. The summed E-state index contributed by atoms with van der Waals surface area (Å²) in [7, 11) is -10.7. The number of rotatable bonds is 13. The summed E-state index contributed by atoms with van der Waals surface area (Å²) in [6, 6.07) is 0. The fourth-order valence-corrected chi connectivity index (χ4v) is 3.93. The summed E-state index contributed by atoms with van der Waals surface area (Å²) in [4.78, 5) is 48.0. The summed E-state index contributed by atoms with van der Waals surface area (Å²) >= 11 is 0. The number of esters is 1. The molecule has 8 nitrogen and oxygen atoms in total. The van der Waals surface area contributed by atoms with Crippen molar-refractivity contribution in [2.75, 3.05) is 0 Å². The van der Waals surface area contributed by atoms with Crippen molar-refractivity contribution < 1.29 is 38.2 Å². The van der Waals surface area contributed by atoms with Crippen LogP contribution >= 0.6 is 15.2 Å². The molecule has 0 rings (SSSR count). The smallest absolute Gasteiger partial charge is 0.381 e. The van der Waals surface area contributed by atoms with Crippen LogP contribution < -0.4 is 0 Å². The minimum absolute atomic E-state index is 0.134. The lowest BCUT2D eigenvalue weighted by Gasteiger charge is -2.30. The molecule has 0 amide bonds. The molecule has 0 unspecified atom stereocenters. The van der Waals surface area contributed by atoms with Gasteiger partial charge in [0.1, 0.15) is 0 Å². The molecule has 0 aromatic rings. The molecular weight excluding hydrogens is 358 g/mol. The van der Waals surface area contributed by atoms with Crippen LogP contribution in [0.2, 0.25) is 0 Å². The zero-order valence-electron chi connectivity index (χ0n) is 14.4. The van der Waals surface area contributed by atoms with Crippen molar-refractivity contribution in [3.8, 4) is 0 Å². The van der Waals surface area contributed by atoms with E-state index in [4.69, 9.17) is 19.6 Å². The second kappa shape index (κ2) is 10.7. The molecule has 0 atom stereocenters. The van der Waals surface area contributed by atoms with Gasteiger partial charge in [0.2, 0.25) is 0 Å². The zero-order chi connectivity index (χ0) is 18.9. The lowest BCUT2D eigenvalue weighted by molar-refractivity contribution is -0.148. The Bertz CT molecular complexity index is 445. The Morgan fingerprint density at radius 3 is 1.58 bits per heavy atom. The topological polar surface area (TPSA) is 141 Å². The fourth-order valence-electron chi connectivity index (χ4n) is 2.14. The van der Waals surface area contributed by atoms with E-state index in [1.807, 2.05) is 0 Å². The molecule has 0 bridgehead atoms. The van der Waals surface area contributed by atoms with Gasteiger partial charge in [-0.2, -0.15) is 0 Å². The molecule has 0 saturated heterocycles. The van der Waals surface area contributed by atoms with Crippen molar-refractivity contribution in [3.63, 3.8) is 0 Å². The maximum atomic E-state index is 11.7. The van der Waals surface area contributed by atoms with Crippen molar-refractivity contribution in [1.82, 2.24) is 0 Å². The van der Waals surface area contributed by atoms with Gasteiger partial charge in [0.15, 0.2) is 0 Å². The Hall–Kier alpha value is -0.230. The van der Waals surface area contributed by atoms with Crippen LogP contribution in [0.1, 0.15) is 78.1 Å². The Morgan fingerprint density at radius 2 is 1.21 bits per heavy atom. The van der Waals surface area contributed by atoms with Crippen LogP contribution in [-0.4, -0.2) is 30.6 Å². The molecule has 0 aliphatic rings. The Kier molecular flexibility index (Phi) is 10.6. The lowest BCUT2D eigenvalue weighted by atomic mass is 10.1. The van der Waals surface area contributed by atoms with Gasteiger partial charge < -0.3 is 24.3 Å². The molecular formula is C14H30O8P2. The first-order valence-corrected chi connectivity index (χ1v) is 11.5. The van der Waals surface area contributed by atoms with Crippen molar-refractivity contribution in [1.29, 1.82) is 0 Å². The molecule has 0 aromatic heterocycles. The van der Waals surface area contributed by atoms with Gasteiger partial charge in [0.05, 0.1) is 0 Å². The minimum atomic E-state index is -5.33. The van der Waals surface area contributed by atoms with Crippen molar-refractivity contribution >= 4 is 21.2 Å². The van der Waals surface area contributed by atoms with E-state index in [0.29, 0.717) is 13.3 Å². The number of hydrogen-bond acceptors (Lipinski definition) is 4. The molecule has 0 aliphatic heterocycles. The van der Waals surface area contributed by atoms with Gasteiger partial charge in [-0.25, -0.2) is 0 Å². The predicted molar refractivity (Wildman–Crippen MR) is 90.4 cm³/mol.